The normalized spacial score (nSPS) is 16.3. The summed E-state index contributed by atoms with van der Waals surface area (Å²) in [5, 5.41) is 13.8. The van der Waals surface area contributed by atoms with Crippen molar-refractivity contribution < 1.29 is 24.1 Å². The Balaban J connectivity index is 1.47. The summed E-state index contributed by atoms with van der Waals surface area (Å²) in [5.74, 6) is -1.14. The average molecular weight is 431 g/mol. The zero-order valence-electron chi connectivity index (χ0n) is 17.5. The highest BCUT2D eigenvalue weighted by Crippen LogP contribution is 2.27. The summed E-state index contributed by atoms with van der Waals surface area (Å²) >= 11 is 0. The maximum absolute atomic E-state index is 12.5. The van der Waals surface area contributed by atoms with Gasteiger partial charge in [-0.2, -0.15) is 0 Å². The predicted octanol–water partition coefficient (Wildman–Crippen LogP) is 1.23. The second-order valence-electron chi connectivity index (χ2n) is 7.85. The van der Waals surface area contributed by atoms with E-state index in [2.05, 4.69) is 5.32 Å². The fourth-order valence-electron chi connectivity index (χ4n) is 3.72. The van der Waals surface area contributed by atoms with Crippen LogP contribution in [0.1, 0.15) is 46.4 Å². The van der Waals surface area contributed by atoms with Gasteiger partial charge in [0.25, 0.3) is 17.5 Å². The van der Waals surface area contributed by atoms with Crippen LogP contribution in [-0.4, -0.2) is 83.1 Å². The van der Waals surface area contributed by atoms with Crippen LogP contribution in [-0.2, 0) is 4.79 Å². The van der Waals surface area contributed by atoms with Gasteiger partial charge in [-0.05, 0) is 25.3 Å². The lowest BCUT2D eigenvalue weighted by atomic mass is 10.0. The molecule has 1 N–H and O–H groups in total. The third kappa shape index (κ3) is 4.81. The molecule has 11 nitrogen and oxygen atoms in total. The second kappa shape index (κ2) is 9.11. The molecule has 3 rings (SSSR count). The molecular weight excluding hydrogens is 406 g/mol. The van der Waals surface area contributed by atoms with Gasteiger partial charge in [-0.25, -0.2) is 4.79 Å². The van der Waals surface area contributed by atoms with Gasteiger partial charge in [0.05, 0.1) is 16.1 Å². The Morgan fingerprint density at radius 3 is 2.42 bits per heavy atom. The number of nitro groups is 1. The maximum atomic E-state index is 12.5. The van der Waals surface area contributed by atoms with Crippen LogP contribution in [0.3, 0.4) is 0 Å². The molecule has 2 aliphatic rings. The average Bonchev–Trinajstić information content (AvgIpc) is 2.98. The van der Waals surface area contributed by atoms with E-state index >= 15 is 0 Å². The maximum Gasteiger partial charge on any atom is 0.317 e. The van der Waals surface area contributed by atoms with Gasteiger partial charge in [-0.15, -0.1) is 0 Å². The lowest BCUT2D eigenvalue weighted by molar-refractivity contribution is -0.384. The molecule has 0 spiro atoms. The number of fused-ring (bicyclic) bond motifs is 1. The number of carbonyl (C=O) groups is 4. The molecule has 0 aromatic heterocycles. The first-order chi connectivity index (χ1) is 14.7. The van der Waals surface area contributed by atoms with Crippen LogP contribution in [0.15, 0.2) is 18.2 Å². The molecular formula is C20H25N5O6. The quantitative estimate of drug-likeness (QED) is 0.409. The Labute approximate surface area is 179 Å². The number of likely N-dealkylation sites (tertiary alicyclic amines) is 1. The Hall–Kier alpha value is -3.50. The zero-order chi connectivity index (χ0) is 22.7. The van der Waals surface area contributed by atoms with E-state index in [1.54, 1.807) is 19.0 Å². The van der Waals surface area contributed by atoms with Crippen LogP contribution in [0.5, 0.6) is 0 Å². The fourth-order valence-corrected chi connectivity index (χ4v) is 3.72. The summed E-state index contributed by atoms with van der Waals surface area (Å²) in [6.45, 7) is 1.14. The number of benzene rings is 1. The topological polar surface area (TPSA) is 133 Å². The van der Waals surface area contributed by atoms with Gasteiger partial charge < -0.3 is 15.1 Å². The molecule has 0 aliphatic carbocycles. The van der Waals surface area contributed by atoms with Gasteiger partial charge in [0.15, 0.2) is 0 Å². The fraction of sp³-hybridized carbons (Fsp3) is 0.500. The number of urea groups is 1. The first-order valence-corrected chi connectivity index (χ1v) is 10.1. The van der Waals surface area contributed by atoms with Gasteiger partial charge >= 0.3 is 6.03 Å². The van der Waals surface area contributed by atoms with E-state index < -0.39 is 16.7 Å². The largest absolute Gasteiger partial charge is 0.343 e. The molecule has 1 aromatic rings. The smallest absolute Gasteiger partial charge is 0.317 e. The molecule has 5 amide bonds. The van der Waals surface area contributed by atoms with Gasteiger partial charge in [0, 0.05) is 58.3 Å². The minimum absolute atomic E-state index is 0.0207. The number of nitrogens with one attached hydrogen (secondary N) is 1. The van der Waals surface area contributed by atoms with E-state index in [4.69, 9.17) is 0 Å². The third-order valence-corrected chi connectivity index (χ3v) is 5.52. The number of amides is 5. The van der Waals surface area contributed by atoms with Crippen molar-refractivity contribution in [3.8, 4) is 0 Å². The van der Waals surface area contributed by atoms with Crippen LogP contribution in [0.25, 0.3) is 0 Å². The van der Waals surface area contributed by atoms with E-state index in [0.29, 0.717) is 32.4 Å². The van der Waals surface area contributed by atoms with Gasteiger partial charge in [0.2, 0.25) is 5.91 Å². The molecule has 0 saturated carbocycles. The number of nitro benzene ring substituents is 1. The summed E-state index contributed by atoms with van der Waals surface area (Å²) < 4.78 is 0. The number of carbonyl (C=O) groups excluding carboxylic acids is 4. The predicted molar refractivity (Wildman–Crippen MR) is 110 cm³/mol. The van der Waals surface area contributed by atoms with E-state index in [9.17, 15) is 29.3 Å². The van der Waals surface area contributed by atoms with Crippen LogP contribution >= 0.6 is 0 Å². The van der Waals surface area contributed by atoms with Crippen LogP contribution in [0, 0.1) is 10.1 Å². The van der Waals surface area contributed by atoms with Gasteiger partial charge in [-0.1, -0.05) is 0 Å². The molecule has 11 heteroatoms. The molecule has 1 fully saturated rings. The van der Waals surface area contributed by atoms with E-state index in [0.717, 1.165) is 11.0 Å². The van der Waals surface area contributed by atoms with Crippen LogP contribution < -0.4 is 5.32 Å². The lowest BCUT2D eigenvalue weighted by Crippen LogP contribution is -2.48. The minimum Gasteiger partial charge on any atom is -0.343 e. The van der Waals surface area contributed by atoms with Crippen molar-refractivity contribution in [2.24, 2.45) is 0 Å². The SMILES string of the molecule is CN(C)C(=O)NC1CCN(C(=O)CCCN2C(=O)c3ccc([N+](=O)[O-])cc3C2=O)CC1. The zero-order valence-corrected chi connectivity index (χ0v) is 17.5. The Morgan fingerprint density at radius 2 is 1.81 bits per heavy atom. The molecule has 31 heavy (non-hydrogen) atoms. The first kappa shape index (κ1) is 22.2. The van der Waals surface area contributed by atoms with E-state index in [1.165, 1.54) is 17.0 Å². The third-order valence-electron chi connectivity index (χ3n) is 5.52. The summed E-state index contributed by atoms with van der Waals surface area (Å²) in [7, 11) is 3.34. The molecule has 0 unspecified atom stereocenters. The van der Waals surface area contributed by atoms with Crippen molar-refractivity contribution in [1.29, 1.82) is 0 Å². The molecule has 166 valence electrons. The van der Waals surface area contributed by atoms with Crippen LogP contribution in [0.4, 0.5) is 10.5 Å². The molecule has 2 aliphatic heterocycles. The van der Waals surface area contributed by atoms with Crippen LogP contribution in [0.2, 0.25) is 0 Å². The highest BCUT2D eigenvalue weighted by atomic mass is 16.6. The highest BCUT2D eigenvalue weighted by molar-refractivity contribution is 6.21. The van der Waals surface area contributed by atoms with E-state index in [1.807, 2.05) is 0 Å². The molecule has 2 heterocycles. The number of hydrogen-bond donors (Lipinski definition) is 1. The minimum atomic E-state index is -0.617. The molecule has 1 aromatic carbocycles. The van der Waals surface area contributed by atoms with Gasteiger partial charge in [0.1, 0.15) is 0 Å². The Bertz CT molecular complexity index is 923. The van der Waals surface area contributed by atoms with Crippen molar-refractivity contribution in [3.63, 3.8) is 0 Å². The molecule has 1 saturated heterocycles. The Kier molecular flexibility index (Phi) is 6.52. The second-order valence-corrected chi connectivity index (χ2v) is 7.85. The standard InChI is InChI=1S/C20H25N5O6/c1-22(2)20(29)21-13-7-10-23(11-8-13)17(26)4-3-9-24-18(27)15-6-5-14(25(30)31)12-16(15)19(24)28/h5-6,12-13H,3-4,7-11H2,1-2H3,(H,21,29). The summed E-state index contributed by atoms with van der Waals surface area (Å²) in [6.07, 6.45) is 1.83. The lowest BCUT2D eigenvalue weighted by Gasteiger charge is -2.33. The summed E-state index contributed by atoms with van der Waals surface area (Å²) in [6, 6.07) is 3.47. The van der Waals surface area contributed by atoms with E-state index in [-0.39, 0.29) is 47.8 Å². The van der Waals surface area contributed by atoms with Crippen molar-refractivity contribution in [1.82, 2.24) is 20.0 Å². The van der Waals surface area contributed by atoms with Gasteiger partial charge in [-0.3, -0.25) is 29.4 Å². The summed E-state index contributed by atoms with van der Waals surface area (Å²) in [4.78, 5) is 63.6. The number of imide groups is 1. The molecule has 0 atom stereocenters. The van der Waals surface area contributed by atoms with Crippen molar-refractivity contribution in [3.05, 3.63) is 39.4 Å². The number of hydrogen-bond acceptors (Lipinski definition) is 6. The number of non-ortho nitro benzene ring substituents is 1. The highest BCUT2D eigenvalue weighted by Gasteiger charge is 2.36. The number of piperidine rings is 1. The van der Waals surface area contributed by atoms with Crippen molar-refractivity contribution in [2.75, 3.05) is 33.7 Å². The Morgan fingerprint density at radius 1 is 1.16 bits per heavy atom. The molecule has 0 bridgehead atoms. The summed E-state index contributed by atoms with van der Waals surface area (Å²) in [5.41, 5.74) is -0.0850. The monoisotopic (exact) mass is 431 g/mol. The molecule has 0 radical (unpaired) electrons. The van der Waals surface area contributed by atoms with Crippen molar-refractivity contribution in [2.45, 2.75) is 31.7 Å². The number of nitrogens with zero attached hydrogens (tertiary/aromatic N) is 4. The van der Waals surface area contributed by atoms with Crippen molar-refractivity contribution >= 4 is 29.4 Å². The first-order valence-electron chi connectivity index (χ1n) is 10.1. The number of rotatable bonds is 6.